The molecule has 1 heterocycles. The lowest BCUT2D eigenvalue weighted by Gasteiger charge is -2.37. The van der Waals surface area contributed by atoms with Crippen LogP contribution in [0.15, 0.2) is 24.3 Å². The Hall–Kier alpha value is -1.06. The molecular formula is C14H22N2O. The van der Waals surface area contributed by atoms with E-state index >= 15 is 0 Å². The van der Waals surface area contributed by atoms with Crippen LogP contribution < -0.4 is 10.5 Å². The number of hydrogen-bond acceptors (Lipinski definition) is 3. The van der Waals surface area contributed by atoms with Crippen molar-refractivity contribution in [1.82, 2.24) is 4.90 Å². The van der Waals surface area contributed by atoms with Gasteiger partial charge in [0, 0.05) is 12.1 Å². The van der Waals surface area contributed by atoms with Crippen molar-refractivity contribution in [1.29, 1.82) is 0 Å². The molecule has 0 saturated carbocycles. The monoisotopic (exact) mass is 234 g/mol. The molecule has 0 amide bonds. The molecule has 1 saturated heterocycles. The molecule has 1 aliphatic heterocycles. The molecule has 3 heteroatoms. The van der Waals surface area contributed by atoms with Crippen molar-refractivity contribution in [3.8, 4) is 5.75 Å². The maximum atomic E-state index is 6.23. The largest absolute Gasteiger partial charge is 0.494 e. The summed E-state index contributed by atoms with van der Waals surface area (Å²) in [6, 6.07) is 8.93. The molecule has 17 heavy (non-hydrogen) atoms. The number of likely N-dealkylation sites (N-methyl/N-ethyl adjacent to an activating group) is 1. The highest BCUT2D eigenvalue weighted by Gasteiger charge is 2.27. The van der Waals surface area contributed by atoms with Crippen LogP contribution in [0.5, 0.6) is 5.75 Å². The molecule has 0 radical (unpaired) electrons. The zero-order valence-electron chi connectivity index (χ0n) is 10.7. The van der Waals surface area contributed by atoms with Gasteiger partial charge in [0.1, 0.15) is 5.75 Å². The number of rotatable bonds is 3. The van der Waals surface area contributed by atoms with E-state index < -0.39 is 0 Å². The fourth-order valence-electron chi connectivity index (χ4n) is 2.63. The summed E-state index contributed by atoms with van der Waals surface area (Å²) in [6.07, 6.45) is 2.31. The van der Waals surface area contributed by atoms with E-state index in [0.717, 1.165) is 18.7 Å². The zero-order chi connectivity index (χ0) is 12.3. The topological polar surface area (TPSA) is 38.5 Å². The van der Waals surface area contributed by atoms with Gasteiger partial charge in [-0.25, -0.2) is 0 Å². The maximum Gasteiger partial charge on any atom is 0.119 e. The number of benzene rings is 1. The molecule has 2 N–H and O–H groups in total. The minimum absolute atomic E-state index is 0.242. The van der Waals surface area contributed by atoms with Crippen molar-refractivity contribution in [3.05, 3.63) is 29.8 Å². The highest BCUT2D eigenvalue weighted by atomic mass is 16.5. The van der Waals surface area contributed by atoms with E-state index in [1.807, 2.05) is 19.1 Å². The van der Waals surface area contributed by atoms with Gasteiger partial charge in [-0.3, -0.25) is 4.90 Å². The van der Waals surface area contributed by atoms with Gasteiger partial charge in [0.25, 0.3) is 0 Å². The Morgan fingerprint density at radius 3 is 2.65 bits per heavy atom. The lowest BCUT2D eigenvalue weighted by atomic mass is 9.91. The van der Waals surface area contributed by atoms with Gasteiger partial charge in [-0.05, 0) is 51.1 Å². The summed E-state index contributed by atoms with van der Waals surface area (Å²) in [4.78, 5) is 2.35. The third kappa shape index (κ3) is 2.79. The first-order chi connectivity index (χ1) is 8.22. The average Bonchev–Trinajstić information content (AvgIpc) is 2.31. The van der Waals surface area contributed by atoms with E-state index in [0.29, 0.717) is 12.6 Å². The zero-order valence-corrected chi connectivity index (χ0v) is 10.7. The van der Waals surface area contributed by atoms with Crippen LogP contribution >= 0.6 is 0 Å². The fraction of sp³-hybridized carbons (Fsp3) is 0.571. The first-order valence-corrected chi connectivity index (χ1v) is 6.41. The minimum atomic E-state index is 0.242. The normalized spacial score (nSPS) is 25.8. The standard InChI is InChI=1S/C14H22N2O/c1-3-17-12-8-6-11(7-9-12)14-13(15)5-4-10-16(14)2/h6-9,13-14H,3-5,10,15H2,1-2H3. The number of piperidine rings is 1. The van der Waals surface area contributed by atoms with Crippen LogP contribution in [0.1, 0.15) is 31.4 Å². The van der Waals surface area contributed by atoms with Crippen molar-refractivity contribution in [2.45, 2.75) is 31.8 Å². The Bertz CT molecular complexity index is 340. The van der Waals surface area contributed by atoms with Gasteiger partial charge in [0.15, 0.2) is 0 Å². The van der Waals surface area contributed by atoms with Gasteiger partial charge in [-0.15, -0.1) is 0 Å². The molecule has 0 bridgehead atoms. The Kier molecular flexibility index (Phi) is 4.02. The molecule has 1 fully saturated rings. The van der Waals surface area contributed by atoms with Gasteiger partial charge in [0.05, 0.1) is 6.61 Å². The molecule has 1 aromatic rings. The lowest BCUT2D eigenvalue weighted by molar-refractivity contribution is 0.163. The van der Waals surface area contributed by atoms with Gasteiger partial charge in [-0.2, -0.15) is 0 Å². The van der Waals surface area contributed by atoms with Crippen LogP contribution in [0.2, 0.25) is 0 Å². The highest BCUT2D eigenvalue weighted by Crippen LogP contribution is 2.29. The molecule has 3 nitrogen and oxygen atoms in total. The summed E-state index contributed by atoms with van der Waals surface area (Å²) in [5.41, 5.74) is 7.52. The Morgan fingerprint density at radius 1 is 1.35 bits per heavy atom. The van der Waals surface area contributed by atoms with Crippen molar-refractivity contribution >= 4 is 0 Å². The number of nitrogens with zero attached hydrogens (tertiary/aromatic N) is 1. The van der Waals surface area contributed by atoms with Crippen LogP contribution in [-0.4, -0.2) is 31.1 Å². The summed E-state index contributed by atoms with van der Waals surface area (Å²) in [7, 11) is 2.15. The van der Waals surface area contributed by atoms with E-state index in [1.54, 1.807) is 0 Å². The van der Waals surface area contributed by atoms with Crippen molar-refractivity contribution in [2.24, 2.45) is 5.73 Å². The fourth-order valence-corrected chi connectivity index (χ4v) is 2.63. The predicted octanol–water partition coefficient (Wildman–Crippen LogP) is 2.18. The molecule has 0 aromatic heterocycles. The van der Waals surface area contributed by atoms with Crippen molar-refractivity contribution < 1.29 is 4.74 Å². The maximum absolute atomic E-state index is 6.23. The summed E-state index contributed by atoms with van der Waals surface area (Å²) in [5.74, 6) is 0.934. The number of nitrogens with two attached hydrogens (primary N) is 1. The molecule has 0 aliphatic carbocycles. The molecule has 1 aliphatic rings. The molecule has 94 valence electrons. The third-order valence-electron chi connectivity index (χ3n) is 3.46. The number of ether oxygens (including phenoxy) is 1. The summed E-state index contributed by atoms with van der Waals surface area (Å²) in [6.45, 7) is 3.84. The van der Waals surface area contributed by atoms with Gasteiger partial charge in [-0.1, -0.05) is 12.1 Å². The third-order valence-corrected chi connectivity index (χ3v) is 3.46. The summed E-state index contributed by atoms with van der Waals surface area (Å²) in [5, 5.41) is 0. The quantitative estimate of drug-likeness (QED) is 0.871. The second kappa shape index (κ2) is 5.52. The molecule has 2 unspecified atom stereocenters. The van der Waals surface area contributed by atoms with E-state index in [4.69, 9.17) is 10.5 Å². The van der Waals surface area contributed by atoms with Gasteiger partial charge in [0.2, 0.25) is 0 Å². The van der Waals surface area contributed by atoms with Crippen molar-refractivity contribution in [2.75, 3.05) is 20.2 Å². The number of hydrogen-bond donors (Lipinski definition) is 1. The Labute approximate surface area is 104 Å². The van der Waals surface area contributed by atoms with E-state index in [1.165, 1.54) is 12.0 Å². The summed E-state index contributed by atoms with van der Waals surface area (Å²) < 4.78 is 5.46. The first kappa shape index (κ1) is 12.4. The second-order valence-electron chi connectivity index (χ2n) is 4.73. The number of likely N-dealkylation sites (tertiary alicyclic amines) is 1. The predicted molar refractivity (Wildman–Crippen MR) is 70.2 cm³/mol. The Morgan fingerprint density at radius 2 is 2.06 bits per heavy atom. The minimum Gasteiger partial charge on any atom is -0.494 e. The average molecular weight is 234 g/mol. The van der Waals surface area contributed by atoms with Crippen LogP contribution in [0.4, 0.5) is 0 Å². The van der Waals surface area contributed by atoms with E-state index in [-0.39, 0.29) is 6.04 Å². The smallest absolute Gasteiger partial charge is 0.119 e. The second-order valence-corrected chi connectivity index (χ2v) is 4.73. The first-order valence-electron chi connectivity index (χ1n) is 6.41. The van der Waals surface area contributed by atoms with Crippen LogP contribution in [0, 0.1) is 0 Å². The molecule has 2 rings (SSSR count). The molecular weight excluding hydrogens is 212 g/mol. The Balaban J connectivity index is 2.14. The van der Waals surface area contributed by atoms with E-state index in [9.17, 15) is 0 Å². The van der Waals surface area contributed by atoms with Gasteiger partial charge < -0.3 is 10.5 Å². The van der Waals surface area contributed by atoms with Crippen molar-refractivity contribution in [3.63, 3.8) is 0 Å². The lowest BCUT2D eigenvalue weighted by Crippen LogP contribution is -2.43. The highest BCUT2D eigenvalue weighted by molar-refractivity contribution is 5.30. The van der Waals surface area contributed by atoms with Crippen LogP contribution in [-0.2, 0) is 0 Å². The van der Waals surface area contributed by atoms with E-state index in [2.05, 4.69) is 24.1 Å². The SMILES string of the molecule is CCOc1ccc(C2C(N)CCCN2C)cc1. The van der Waals surface area contributed by atoms with Crippen LogP contribution in [0.3, 0.4) is 0 Å². The molecule has 0 spiro atoms. The van der Waals surface area contributed by atoms with Crippen LogP contribution in [0.25, 0.3) is 0 Å². The summed E-state index contributed by atoms with van der Waals surface area (Å²) >= 11 is 0. The van der Waals surface area contributed by atoms with Gasteiger partial charge >= 0.3 is 0 Å². The molecule has 1 aromatic carbocycles. The molecule has 2 atom stereocenters.